The van der Waals surface area contributed by atoms with Gasteiger partial charge in [-0.05, 0) is 38.1 Å². The Kier molecular flexibility index (Phi) is 5.13. The Morgan fingerprint density at radius 1 is 1.47 bits per heavy atom. The Morgan fingerprint density at radius 3 is 2.79 bits per heavy atom. The minimum absolute atomic E-state index is 0.0437. The van der Waals surface area contributed by atoms with Crippen LogP contribution in [0.4, 0.5) is 5.82 Å². The predicted octanol–water partition coefficient (Wildman–Crippen LogP) is 1.34. The van der Waals surface area contributed by atoms with Crippen LogP contribution in [0.15, 0.2) is 18.3 Å². The second kappa shape index (κ2) is 6.84. The first-order valence-corrected chi connectivity index (χ1v) is 6.91. The van der Waals surface area contributed by atoms with Crippen molar-refractivity contribution in [2.45, 2.75) is 12.8 Å². The van der Waals surface area contributed by atoms with E-state index in [0.717, 1.165) is 32.5 Å². The first-order chi connectivity index (χ1) is 9.19. The van der Waals surface area contributed by atoms with Gasteiger partial charge in [0.15, 0.2) is 0 Å². The van der Waals surface area contributed by atoms with Gasteiger partial charge >= 0.3 is 0 Å². The minimum Gasteiger partial charge on any atom is -0.329 e. The van der Waals surface area contributed by atoms with E-state index in [1.54, 1.807) is 12.1 Å². The lowest BCUT2D eigenvalue weighted by atomic mass is 9.96. The number of rotatable bonds is 4. The number of hydrogen-bond acceptors (Lipinski definition) is 4. The van der Waals surface area contributed by atoms with Crippen LogP contribution in [-0.2, 0) is 4.79 Å². The first kappa shape index (κ1) is 14.2. The molecule has 5 nitrogen and oxygen atoms in total. The molecule has 0 aliphatic carbocycles. The average molecular weight is 283 g/mol. The van der Waals surface area contributed by atoms with Gasteiger partial charge in [-0.2, -0.15) is 0 Å². The van der Waals surface area contributed by atoms with Crippen molar-refractivity contribution in [1.82, 2.24) is 9.88 Å². The molecule has 1 aromatic rings. The van der Waals surface area contributed by atoms with Crippen molar-refractivity contribution in [3.05, 3.63) is 23.4 Å². The molecule has 0 bridgehead atoms. The third-order valence-corrected chi connectivity index (χ3v) is 3.61. The van der Waals surface area contributed by atoms with Crippen LogP contribution in [0, 0.1) is 5.92 Å². The van der Waals surface area contributed by atoms with Gasteiger partial charge in [0.1, 0.15) is 5.82 Å². The Balaban J connectivity index is 1.83. The summed E-state index contributed by atoms with van der Waals surface area (Å²) in [5.74, 6) is 0.660. The number of nitrogens with zero attached hydrogens (tertiary/aromatic N) is 2. The van der Waals surface area contributed by atoms with Gasteiger partial charge in [0, 0.05) is 25.2 Å². The largest absolute Gasteiger partial charge is 0.329 e. The van der Waals surface area contributed by atoms with Crippen molar-refractivity contribution >= 4 is 23.3 Å². The number of piperidine rings is 1. The van der Waals surface area contributed by atoms with Crippen LogP contribution >= 0.6 is 11.6 Å². The molecular weight excluding hydrogens is 264 g/mol. The zero-order valence-corrected chi connectivity index (χ0v) is 11.6. The summed E-state index contributed by atoms with van der Waals surface area (Å²) in [5, 5.41) is 3.40. The summed E-state index contributed by atoms with van der Waals surface area (Å²) in [7, 11) is 0. The lowest BCUT2D eigenvalue weighted by molar-refractivity contribution is -0.121. The Hall–Kier alpha value is -1.17. The van der Waals surface area contributed by atoms with Crippen molar-refractivity contribution in [3.63, 3.8) is 0 Å². The van der Waals surface area contributed by atoms with Gasteiger partial charge in [-0.25, -0.2) is 4.98 Å². The molecule has 1 aliphatic rings. The van der Waals surface area contributed by atoms with Crippen molar-refractivity contribution in [2.75, 3.05) is 31.5 Å². The molecule has 0 radical (unpaired) electrons. The van der Waals surface area contributed by atoms with E-state index >= 15 is 0 Å². The van der Waals surface area contributed by atoms with Crippen LogP contribution in [-0.4, -0.2) is 42.0 Å². The first-order valence-electron chi connectivity index (χ1n) is 6.54. The molecule has 2 heterocycles. The highest BCUT2D eigenvalue weighted by atomic mass is 35.5. The van der Waals surface area contributed by atoms with E-state index in [4.69, 9.17) is 17.3 Å². The summed E-state index contributed by atoms with van der Waals surface area (Å²) in [4.78, 5) is 18.5. The number of amides is 1. The molecule has 1 fully saturated rings. The quantitative estimate of drug-likeness (QED) is 0.874. The number of carbonyl (C=O) groups excluding carboxylic acids is 1. The summed E-state index contributed by atoms with van der Waals surface area (Å²) in [6.45, 7) is 3.45. The molecule has 0 unspecified atom stereocenters. The number of halogens is 1. The second-order valence-corrected chi connectivity index (χ2v) is 5.19. The number of nitrogens with two attached hydrogens (primary N) is 1. The van der Waals surface area contributed by atoms with Gasteiger partial charge in [-0.3, -0.25) is 4.79 Å². The summed E-state index contributed by atoms with van der Waals surface area (Å²) in [6.07, 6.45) is 3.28. The van der Waals surface area contributed by atoms with E-state index in [-0.39, 0.29) is 11.8 Å². The minimum atomic E-state index is 0.0437. The van der Waals surface area contributed by atoms with Crippen molar-refractivity contribution in [3.8, 4) is 0 Å². The molecule has 1 aliphatic heterocycles. The fourth-order valence-electron chi connectivity index (χ4n) is 2.28. The van der Waals surface area contributed by atoms with Crippen LogP contribution < -0.4 is 11.1 Å². The molecule has 1 amide bonds. The van der Waals surface area contributed by atoms with E-state index in [1.807, 2.05) is 0 Å². The average Bonchev–Trinajstić information content (AvgIpc) is 2.42. The topological polar surface area (TPSA) is 71.2 Å². The highest BCUT2D eigenvalue weighted by molar-refractivity contribution is 6.30. The summed E-state index contributed by atoms with van der Waals surface area (Å²) in [6, 6.07) is 3.43. The number of pyridine rings is 1. The Labute approximate surface area is 118 Å². The Bertz CT molecular complexity index is 415. The van der Waals surface area contributed by atoms with E-state index in [2.05, 4.69) is 15.2 Å². The lowest BCUT2D eigenvalue weighted by Gasteiger charge is -2.30. The van der Waals surface area contributed by atoms with Gasteiger partial charge in [0.25, 0.3) is 0 Å². The second-order valence-electron chi connectivity index (χ2n) is 4.76. The number of anilines is 1. The number of likely N-dealkylation sites (tertiary alicyclic amines) is 1. The highest BCUT2D eigenvalue weighted by Gasteiger charge is 2.24. The number of aromatic nitrogens is 1. The summed E-state index contributed by atoms with van der Waals surface area (Å²) < 4.78 is 0. The smallest absolute Gasteiger partial charge is 0.228 e. The fourth-order valence-corrected chi connectivity index (χ4v) is 2.39. The summed E-state index contributed by atoms with van der Waals surface area (Å²) in [5.41, 5.74) is 5.53. The van der Waals surface area contributed by atoms with E-state index in [0.29, 0.717) is 17.4 Å². The van der Waals surface area contributed by atoms with Crippen LogP contribution in [0.2, 0.25) is 5.02 Å². The van der Waals surface area contributed by atoms with Crippen LogP contribution in [0.5, 0.6) is 0 Å². The third kappa shape index (κ3) is 4.16. The third-order valence-electron chi connectivity index (χ3n) is 3.38. The molecule has 104 valence electrons. The SMILES string of the molecule is NCCN1CCC(C(=O)Nc2ccc(Cl)cn2)CC1. The van der Waals surface area contributed by atoms with Crippen LogP contribution in [0.1, 0.15) is 12.8 Å². The predicted molar refractivity (Wildman–Crippen MR) is 76.1 cm³/mol. The van der Waals surface area contributed by atoms with Gasteiger partial charge in [-0.1, -0.05) is 11.6 Å². The standard InChI is InChI=1S/C13H19ClN4O/c14-11-1-2-12(16-9-11)17-13(19)10-3-6-18(7-4-10)8-5-15/h1-2,9-10H,3-8,15H2,(H,16,17,19). The van der Waals surface area contributed by atoms with E-state index < -0.39 is 0 Å². The molecule has 0 spiro atoms. The maximum absolute atomic E-state index is 12.1. The van der Waals surface area contributed by atoms with Crippen molar-refractivity contribution in [2.24, 2.45) is 11.7 Å². The van der Waals surface area contributed by atoms with Crippen LogP contribution in [0.3, 0.4) is 0 Å². The van der Waals surface area contributed by atoms with E-state index in [9.17, 15) is 4.79 Å². The number of nitrogens with one attached hydrogen (secondary N) is 1. The number of carbonyl (C=O) groups is 1. The molecule has 3 N–H and O–H groups in total. The molecule has 1 aromatic heterocycles. The molecule has 1 saturated heterocycles. The number of hydrogen-bond donors (Lipinski definition) is 2. The molecule has 0 saturated carbocycles. The highest BCUT2D eigenvalue weighted by Crippen LogP contribution is 2.19. The van der Waals surface area contributed by atoms with Gasteiger partial charge in [0.2, 0.25) is 5.91 Å². The van der Waals surface area contributed by atoms with E-state index in [1.165, 1.54) is 6.20 Å². The maximum Gasteiger partial charge on any atom is 0.228 e. The molecular formula is C13H19ClN4O. The van der Waals surface area contributed by atoms with Crippen molar-refractivity contribution < 1.29 is 4.79 Å². The normalized spacial score (nSPS) is 17.4. The Morgan fingerprint density at radius 2 is 2.21 bits per heavy atom. The van der Waals surface area contributed by atoms with Gasteiger partial charge < -0.3 is 16.0 Å². The monoisotopic (exact) mass is 282 g/mol. The zero-order valence-electron chi connectivity index (χ0n) is 10.8. The van der Waals surface area contributed by atoms with Crippen LogP contribution in [0.25, 0.3) is 0 Å². The summed E-state index contributed by atoms with van der Waals surface area (Å²) >= 11 is 5.75. The maximum atomic E-state index is 12.1. The van der Waals surface area contributed by atoms with Crippen molar-refractivity contribution in [1.29, 1.82) is 0 Å². The fraction of sp³-hybridized carbons (Fsp3) is 0.538. The van der Waals surface area contributed by atoms with Gasteiger partial charge in [-0.15, -0.1) is 0 Å². The van der Waals surface area contributed by atoms with Gasteiger partial charge in [0.05, 0.1) is 5.02 Å². The lowest BCUT2D eigenvalue weighted by Crippen LogP contribution is -2.40. The molecule has 0 aromatic carbocycles. The molecule has 19 heavy (non-hydrogen) atoms. The molecule has 6 heteroatoms. The molecule has 2 rings (SSSR count). The zero-order chi connectivity index (χ0) is 13.7. The molecule has 0 atom stereocenters.